The number of phenolic OH excluding ortho intramolecular Hbond substituents is 1. The Kier molecular flexibility index (Phi) is 4.91. The zero-order chi connectivity index (χ0) is 22.6. The fourth-order valence-electron chi connectivity index (χ4n) is 3.87. The van der Waals surface area contributed by atoms with E-state index in [9.17, 15) is 14.7 Å². The number of carbonyl (C=O) groups excluding carboxylic acids is 1. The van der Waals surface area contributed by atoms with Gasteiger partial charge in [0.25, 0.3) is 5.91 Å². The van der Waals surface area contributed by atoms with Gasteiger partial charge in [0.05, 0.1) is 29.1 Å². The van der Waals surface area contributed by atoms with E-state index >= 15 is 0 Å². The Morgan fingerprint density at radius 3 is 2.69 bits per heavy atom. The molecule has 1 atom stereocenters. The standard InChI is InChI=1S/C23H14BrClN2O5/c1-31-17-8-11(2-5-15(17)28)20-19-21(29)14-9-12(24)3-6-16(14)32-22(19)23(30)27(20)18-7-4-13(25)10-26-18/h2-10,20,28H,1H3. The number of anilines is 1. The first kappa shape index (κ1) is 20.5. The smallest absolute Gasteiger partial charge is 0.296 e. The molecule has 1 aliphatic heterocycles. The lowest BCUT2D eigenvalue weighted by atomic mass is 9.98. The number of ether oxygens (including phenoxy) is 1. The summed E-state index contributed by atoms with van der Waals surface area (Å²) in [5, 5.41) is 10.8. The number of pyridine rings is 1. The van der Waals surface area contributed by atoms with Gasteiger partial charge in [0.2, 0.25) is 5.76 Å². The second-order valence-electron chi connectivity index (χ2n) is 7.16. The van der Waals surface area contributed by atoms with Gasteiger partial charge in [0, 0.05) is 10.7 Å². The van der Waals surface area contributed by atoms with Gasteiger partial charge in [-0.3, -0.25) is 14.5 Å². The van der Waals surface area contributed by atoms with Gasteiger partial charge in [-0.25, -0.2) is 4.98 Å². The van der Waals surface area contributed by atoms with Crippen molar-refractivity contribution in [3.63, 3.8) is 0 Å². The van der Waals surface area contributed by atoms with E-state index in [1.807, 2.05) is 0 Å². The first-order valence-corrected chi connectivity index (χ1v) is 10.6. The summed E-state index contributed by atoms with van der Waals surface area (Å²) in [5.74, 6) is -0.119. The van der Waals surface area contributed by atoms with Crippen molar-refractivity contribution in [2.24, 2.45) is 0 Å². The average molecular weight is 514 g/mol. The first-order chi connectivity index (χ1) is 15.4. The van der Waals surface area contributed by atoms with Crippen molar-refractivity contribution >= 4 is 50.2 Å². The third kappa shape index (κ3) is 3.14. The minimum Gasteiger partial charge on any atom is -0.504 e. The second kappa shape index (κ2) is 7.65. The maximum absolute atomic E-state index is 13.6. The molecule has 1 N–H and O–H groups in total. The molecule has 0 aliphatic carbocycles. The predicted octanol–water partition coefficient (Wildman–Crippen LogP) is 5.07. The predicted molar refractivity (Wildman–Crippen MR) is 123 cm³/mol. The number of rotatable bonds is 3. The quantitative estimate of drug-likeness (QED) is 0.411. The summed E-state index contributed by atoms with van der Waals surface area (Å²) in [5.41, 5.74) is 0.706. The van der Waals surface area contributed by atoms with Crippen molar-refractivity contribution in [3.05, 3.63) is 91.3 Å². The molecule has 2 aromatic carbocycles. The van der Waals surface area contributed by atoms with Crippen LogP contribution in [0.3, 0.4) is 0 Å². The largest absolute Gasteiger partial charge is 0.504 e. The van der Waals surface area contributed by atoms with E-state index in [0.717, 1.165) is 0 Å². The van der Waals surface area contributed by atoms with E-state index in [2.05, 4.69) is 20.9 Å². The molecular formula is C23H14BrClN2O5. The molecule has 3 heterocycles. The van der Waals surface area contributed by atoms with E-state index in [4.69, 9.17) is 20.8 Å². The topological polar surface area (TPSA) is 92.9 Å². The Hall–Kier alpha value is -3.36. The first-order valence-electron chi connectivity index (χ1n) is 9.47. The Morgan fingerprint density at radius 1 is 1.16 bits per heavy atom. The highest BCUT2D eigenvalue weighted by Crippen LogP contribution is 2.42. The van der Waals surface area contributed by atoms with Gasteiger partial charge in [0.1, 0.15) is 11.4 Å². The molecule has 32 heavy (non-hydrogen) atoms. The fourth-order valence-corrected chi connectivity index (χ4v) is 4.34. The van der Waals surface area contributed by atoms with Gasteiger partial charge >= 0.3 is 0 Å². The molecule has 0 fully saturated rings. The van der Waals surface area contributed by atoms with E-state index < -0.39 is 11.9 Å². The van der Waals surface area contributed by atoms with Gasteiger partial charge in [0.15, 0.2) is 16.9 Å². The number of amides is 1. The highest BCUT2D eigenvalue weighted by Gasteiger charge is 2.44. The van der Waals surface area contributed by atoms with Crippen LogP contribution in [0.15, 0.2) is 68.4 Å². The van der Waals surface area contributed by atoms with Gasteiger partial charge in [-0.1, -0.05) is 33.6 Å². The highest BCUT2D eigenvalue weighted by atomic mass is 79.9. The van der Waals surface area contributed by atoms with Crippen LogP contribution in [0.25, 0.3) is 11.0 Å². The summed E-state index contributed by atoms with van der Waals surface area (Å²) in [4.78, 5) is 32.7. The maximum atomic E-state index is 13.6. The Morgan fingerprint density at radius 2 is 1.97 bits per heavy atom. The molecule has 4 aromatic rings. The molecular weight excluding hydrogens is 500 g/mol. The van der Waals surface area contributed by atoms with Crippen LogP contribution in [0.1, 0.15) is 27.7 Å². The van der Waals surface area contributed by atoms with Crippen LogP contribution >= 0.6 is 27.5 Å². The van der Waals surface area contributed by atoms with Crippen LogP contribution < -0.4 is 15.1 Å². The number of nitrogens with zero attached hydrogens (tertiary/aromatic N) is 2. The third-order valence-corrected chi connectivity index (χ3v) is 6.03. The summed E-state index contributed by atoms with van der Waals surface area (Å²) >= 11 is 9.36. The lowest BCUT2D eigenvalue weighted by Crippen LogP contribution is -2.30. The van der Waals surface area contributed by atoms with Crippen LogP contribution in [0.2, 0.25) is 5.02 Å². The zero-order valence-corrected chi connectivity index (χ0v) is 18.8. The lowest BCUT2D eigenvalue weighted by Gasteiger charge is -2.24. The van der Waals surface area contributed by atoms with Gasteiger partial charge in [-0.2, -0.15) is 0 Å². The minimum atomic E-state index is -0.847. The fraction of sp³-hybridized carbons (Fsp3) is 0.0870. The number of methoxy groups -OCH3 is 1. The number of hydrogen-bond acceptors (Lipinski definition) is 6. The second-order valence-corrected chi connectivity index (χ2v) is 8.51. The summed E-state index contributed by atoms with van der Waals surface area (Å²) in [6.45, 7) is 0. The minimum absolute atomic E-state index is 0.0568. The molecule has 1 unspecified atom stereocenters. The molecule has 160 valence electrons. The molecule has 5 rings (SSSR count). The Labute approximate surface area is 195 Å². The SMILES string of the molecule is COc1cc(C2c3c(oc4ccc(Br)cc4c3=O)C(=O)N2c2ccc(Cl)cn2)ccc1O. The monoisotopic (exact) mass is 512 g/mol. The van der Waals surface area contributed by atoms with Crippen molar-refractivity contribution in [1.82, 2.24) is 4.98 Å². The molecule has 2 aromatic heterocycles. The van der Waals surface area contributed by atoms with Crippen LogP contribution in [0, 0.1) is 0 Å². The zero-order valence-electron chi connectivity index (χ0n) is 16.5. The molecule has 0 radical (unpaired) electrons. The average Bonchev–Trinajstić information content (AvgIpc) is 3.08. The molecule has 1 amide bonds. The molecule has 7 nitrogen and oxygen atoms in total. The number of carbonyl (C=O) groups is 1. The number of benzene rings is 2. The van der Waals surface area contributed by atoms with E-state index in [0.29, 0.717) is 31.8 Å². The molecule has 1 aliphatic rings. The van der Waals surface area contributed by atoms with Crippen molar-refractivity contribution < 1.29 is 19.1 Å². The highest BCUT2D eigenvalue weighted by molar-refractivity contribution is 9.10. The van der Waals surface area contributed by atoms with Crippen molar-refractivity contribution in [3.8, 4) is 11.5 Å². The number of hydrogen-bond donors (Lipinski definition) is 1. The van der Waals surface area contributed by atoms with Gasteiger partial charge in [-0.05, 0) is 48.0 Å². The van der Waals surface area contributed by atoms with E-state index in [1.54, 1.807) is 42.5 Å². The third-order valence-electron chi connectivity index (χ3n) is 5.31. The molecule has 0 saturated heterocycles. The summed E-state index contributed by atoms with van der Waals surface area (Å²) in [7, 11) is 1.42. The van der Waals surface area contributed by atoms with Crippen molar-refractivity contribution in [2.45, 2.75) is 6.04 Å². The number of halogens is 2. The number of aromatic hydroxyl groups is 1. The number of fused-ring (bicyclic) bond motifs is 2. The van der Waals surface area contributed by atoms with Crippen LogP contribution in [-0.4, -0.2) is 23.1 Å². The Bertz CT molecular complexity index is 1450. The van der Waals surface area contributed by atoms with Crippen LogP contribution in [0.4, 0.5) is 5.82 Å². The van der Waals surface area contributed by atoms with Gasteiger partial charge < -0.3 is 14.3 Å². The summed E-state index contributed by atoms with van der Waals surface area (Å²) in [6.07, 6.45) is 1.42. The molecule has 0 saturated carbocycles. The molecule has 9 heteroatoms. The maximum Gasteiger partial charge on any atom is 0.296 e. The normalized spacial score (nSPS) is 15.3. The van der Waals surface area contributed by atoms with Crippen molar-refractivity contribution in [2.75, 3.05) is 12.0 Å². The van der Waals surface area contributed by atoms with E-state index in [-0.39, 0.29) is 28.3 Å². The van der Waals surface area contributed by atoms with Crippen molar-refractivity contribution in [1.29, 1.82) is 0 Å². The molecule has 0 bridgehead atoms. The van der Waals surface area contributed by atoms with Crippen LogP contribution in [-0.2, 0) is 0 Å². The Balaban J connectivity index is 1.82. The van der Waals surface area contributed by atoms with Crippen LogP contribution in [0.5, 0.6) is 11.5 Å². The molecule has 0 spiro atoms. The summed E-state index contributed by atoms with van der Waals surface area (Å²) in [6, 6.07) is 12.0. The number of aromatic nitrogens is 1. The number of phenols is 1. The van der Waals surface area contributed by atoms with E-state index in [1.165, 1.54) is 24.3 Å². The van der Waals surface area contributed by atoms with Gasteiger partial charge in [-0.15, -0.1) is 0 Å². The lowest BCUT2D eigenvalue weighted by molar-refractivity contribution is 0.0970. The summed E-state index contributed by atoms with van der Waals surface area (Å²) < 4.78 is 11.9.